The van der Waals surface area contributed by atoms with E-state index in [9.17, 15) is 4.79 Å². The second-order valence-electron chi connectivity index (χ2n) is 4.68. The minimum atomic E-state index is 0.103. The molecule has 2 fully saturated rings. The molecule has 1 aromatic rings. The molecule has 4 heteroatoms. The Morgan fingerprint density at radius 1 is 1.24 bits per heavy atom. The summed E-state index contributed by atoms with van der Waals surface area (Å²) in [4.78, 5) is 11.1. The van der Waals surface area contributed by atoms with Crippen molar-refractivity contribution in [1.29, 1.82) is 0 Å². The van der Waals surface area contributed by atoms with Crippen molar-refractivity contribution in [2.45, 2.75) is 25.3 Å². The summed E-state index contributed by atoms with van der Waals surface area (Å²) in [5.41, 5.74) is 5.25. The monoisotopic (exact) mass is 231 g/mol. The number of hydrogen-bond donors (Lipinski definition) is 2. The molecule has 1 amide bonds. The van der Waals surface area contributed by atoms with Gasteiger partial charge in [-0.2, -0.15) is 0 Å². The van der Waals surface area contributed by atoms with Crippen LogP contribution in [0.1, 0.15) is 30.9 Å². The van der Waals surface area contributed by atoms with Crippen molar-refractivity contribution in [2.75, 3.05) is 18.1 Å². The summed E-state index contributed by atoms with van der Waals surface area (Å²) in [6.45, 7) is 1.88. The summed E-state index contributed by atoms with van der Waals surface area (Å²) in [6, 6.07) is 8.99. The van der Waals surface area contributed by atoms with E-state index in [1.165, 1.54) is 18.4 Å². The molecule has 0 aliphatic carbocycles. The Morgan fingerprint density at radius 3 is 2.65 bits per heavy atom. The number of carbonyl (C=O) groups is 1. The molecular formula is C13H17N3O. The Morgan fingerprint density at radius 2 is 2.06 bits per heavy atom. The fraction of sp³-hybridized carbons (Fsp3) is 0.462. The molecule has 0 spiro atoms. The van der Waals surface area contributed by atoms with Crippen LogP contribution in [-0.2, 0) is 4.79 Å². The van der Waals surface area contributed by atoms with Gasteiger partial charge in [0.05, 0.1) is 5.69 Å². The van der Waals surface area contributed by atoms with E-state index in [1.807, 2.05) is 5.01 Å². The highest BCUT2D eigenvalue weighted by Crippen LogP contribution is 2.25. The Labute approximate surface area is 101 Å². The maximum absolute atomic E-state index is 11.1. The van der Waals surface area contributed by atoms with E-state index in [0.717, 1.165) is 18.8 Å². The average Bonchev–Trinajstić information content (AvgIpc) is 3.00. The number of hydrazine groups is 1. The molecule has 0 bridgehead atoms. The number of nitrogens with zero attached hydrogens (tertiary/aromatic N) is 1. The quantitative estimate of drug-likeness (QED) is 0.807. The number of carbonyl (C=O) groups excluding carboxylic acids is 1. The SMILES string of the molecule is O=C1CCN(c2ccc(C3CCCN3)cc2)N1. The van der Waals surface area contributed by atoms with Gasteiger partial charge in [0, 0.05) is 19.0 Å². The van der Waals surface area contributed by atoms with Crippen molar-refractivity contribution in [1.82, 2.24) is 10.7 Å². The van der Waals surface area contributed by atoms with Crippen LogP contribution in [0.3, 0.4) is 0 Å². The minimum Gasteiger partial charge on any atom is -0.310 e. The predicted octanol–water partition coefficient (Wildman–Crippen LogP) is 1.35. The molecule has 2 heterocycles. The van der Waals surface area contributed by atoms with Gasteiger partial charge in [0.15, 0.2) is 0 Å². The zero-order chi connectivity index (χ0) is 11.7. The van der Waals surface area contributed by atoms with Crippen molar-refractivity contribution in [3.8, 4) is 0 Å². The van der Waals surface area contributed by atoms with Crippen molar-refractivity contribution < 1.29 is 4.79 Å². The lowest BCUT2D eigenvalue weighted by molar-refractivity contribution is -0.119. The summed E-state index contributed by atoms with van der Waals surface area (Å²) >= 11 is 0. The zero-order valence-electron chi connectivity index (χ0n) is 9.78. The molecule has 17 heavy (non-hydrogen) atoms. The largest absolute Gasteiger partial charge is 0.310 e. The number of anilines is 1. The van der Waals surface area contributed by atoms with Gasteiger partial charge in [0.1, 0.15) is 0 Å². The van der Waals surface area contributed by atoms with Crippen molar-refractivity contribution in [3.63, 3.8) is 0 Å². The Kier molecular flexibility index (Phi) is 2.73. The van der Waals surface area contributed by atoms with Gasteiger partial charge >= 0.3 is 0 Å². The van der Waals surface area contributed by atoms with Crippen LogP contribution in [0.15, 0.2) is 24.3 Å². The molecule has 2 N–H and O–H groups in total. The molecule has 0 aromatic heterocycles. The molecule has 1 atom stereocenters. The fourth-order valence-electron chi connectivity index (χ4n) is 2.52. The molecule has 3 rings (SSSR count). The topological polar surface area (TPSA) is 44.4 Å². The van der Waals surface area contributed by atoms with Gasteiger partial charge in [-0.05, 0) is 37.1 Å². The Hall–Kier alpha value is -1.55. The highest BCUT2D eigenvalue weighted by atomic mass is 16.2. The maximum atomic E-state index is 11.1. The molecule has 4 nitrogen and oxygen atoms in total. The molecule has 90 valence electrons. The van der Waals surface area contributed by atoms with E-state index in [0.29, 0.717) is 12.5 Å². The predicted molar refractivity (Wildman–Crippen MR) is 66.5 cm³/mol. The average molecular weight is 231 g/mol. The molecule has 2 aliphatic heterocycles. The zero-order valence-corrected chi connectivity index (χ0v) is 9.78. The number of rotatable bonds is 2. The summed E-state index contributed by atoms with van der Waals surface area (Å²) in [5, 5.41) is 5.40. The first-order valence-corrected chi connectivity index (χ1v) is 6.23. The fourth-order valence-corrected chi connectivity index (χ4v) is 2.52. The Balaban J connectivity index is 1.73. The molecule has 1 unspecified atom stereocenters. The second kappa shape index (κ2) is 4.37. The van der Waals surface area contributed by atoms with Crippen LogP contribution in [0, 0.1) is 0 Å². The van der Waals surface area contributed by atoms with Gasteiger partial charge in [0.25, 0.3) is 0 Å². The summed E-state index contributed by atoms with van der Waals surface area (Å²) < 4.78 is 0. The maximum Gasteiger partial charge on any atom is 0.240 e. The summed E-state index contributed by atoms with van der Waals surface area (Å²) in [5.74, 6) is 0.103. The highest BCUT2D eigenvalue weighted by molar-refractivity contribution is 5.81. The third-order valence-corrected chi connectivity index (χ3v) is 3.49. The Bertz CT molecular complexity index is 409. The van der Waals surface area contributed by atoms with E-state index in [1.54, 1.807) is 0 Å². The minimum absolute atomic E-state index is 0.103. The van der Waals surface area contributed by atoms with Gasteiger partial charge < -0.3 is 5.32 Å². The van der Waals surface area contributed by atoms with Gasteiger partial charge in [-0.1, -0.05) is 12.1 Å². The normalized spacial score (nSPS) is 24.1. The van der Waals surface area contributed by atoms with Crippen LogP contribution in [0.4, 0.5) is 5.69 Å². The first kappa shape index (κ1) is 10.6. The number of nitrogens with one attached hydrogen (secondary N) is 2. The molecule has 2 aliphatic rings. The first-order valence-electron chi connectivity index (χ1n) is 6.23. The van der Waals surface area contributed by atoms with Crippen LogP contribution in [-0.4, -0.2) is 19.0 Å². The molecule has 1 aromatic carbocycles. The summed E-state index contributed by atoms with van der Waals surface area (Å²) in [7, 11) is 0. The third kappa shape index (κ3) is 2.13. The smallest absolute Gasteiger partial charge is 0.240 e. The lowest BCUT2D eigenvalue weighted by atomic mass is 10.1. The van der Waals surface area contributed by atoms with Crippen LogP contribution in [0.2, 0.25) is 0 Å². The number of hydrogen-bond acceptors (Lipinski definition) is 3. The van der Waals surface area contributed by atoms with Crippen LogP contribution >= 0.6 is 0 Å². The lowest BCUT2D eigenvalue weighted by Crippen LogP contribution is -2.32. The van der Waals surface area contributed by atoms with Crippen LogP contribution in [0.5, 0.6) is 0 Å². The highest BCUT2D eigenvalue weighted by Gasteiger charge is 2.19. The van der Waals surface area contributed by atoms with Crippen molar-refractivity contribution >= 4 is 11.6 Å². The van der Waals surface area contributed by atoms with Crippen molar-refractivity contribution in [2.24, 2.45) is 0 Å². The molecule has 2 saturated heterocycles. The number of amides is 1. The summed E-state index contributed by atoms with van der Waals surface area (Å²) in [6.07, 6.45) is 3.07. The van der Waals surface area contributed by atoms with Crippen LogP contribution in [0.25, 0.3) is 0 Å². The van der Waals surface area contributed by atoms with Gasteiger partial charge in [-0.15, -0.1) is 0 Å². The van der Waals surface area contributed by atoms with E-state index in [-0.39, 0.29) is 5.91 Å². The van der Waals surface area contributed by atoms with Gasteiger partial charge in [-0.25, -0.2) is 0 Å². The van der Waals surface area contributed by atoms with E-state index in [2.05, 4.69) is 35.0 Å². The van der Waals surface area contributed by atoms with E-state index >= 15 is 0 Å². The molecular weight excluding hydrogens is 214 g/mol. The molecule has 0 radical (unpaired) electrons. The van der Waals surface area contributed by atoms with E-state index in [4.69, 9.17) is 0 Å². The third-order valence-electron chi connectivity index (χ3n) is 3.49. The van der Waals surface area contributed by atoms with Gasteiger partial charge in [-0.3, -0.25) is 15.2 Å². The van der Waals surface area contributed by atoms with Gasteiger partial charge in [0.2, 0.25) is 5.91 Å². The second-order valence-corrected chi connectivity index (χ2v) is 4.68. The first-order chi connectivity index (χ1) is 8.33. The van der Waals surface area contributed by atoms with Crippen molar-refractivity contribution in [3.05, 3.63) is 29.8 Å². The standard InChI is InChI=1S/C13H17N3O/c17-13-7-9-16(15-13)11-5-3-10(4-6-11)12-2-1-8-14-12/h3-6,12,14H,1-2,7-9H2,(H,15,17). The van der Waals surface area contributed by atoms with Crippen LogP contribution < -0.4 is 15.8 Å². The van der Waals surface area contributed by atoms with E-state index < -0.39 is 0 Å². The molecule has 0 saturated carbocycles. The number of benzene rings is 1. The lowest BCUT2D eigenvalue weighted by Gasteiger charge is -2.18.